The molecule has 3 heterocycles. The van der Waals surface area contributed by atoms with Crippen LogP contribution in [0.5, 0.6) is 11.5 Å². The summed E-state index contributed by atoms with van der Waals surface area (Å²) in [5.74, 6) is -0.646. The monoisotopic (exact) mass is 458 g/mol. The van der Waals surface area contributed by atoms with E-state index in [1.807, 2.05) is 17.5 Å². The Hall–Kier alpha value is -2.88. The molecule has 2 aromatic rings. The van der Waals surface area contributed by atoms with Crippen LogP contribution in [0.2, 0.25) is 0 Å². The number of aliphatic hydroxyl groups is 1. The lowest BCUT2D eigenvalue weighted by atomic mass is 9.99. The molecular weight excluding hydrogens is 432 g/mol. The van der Waals surface area contributed by atoms with Crippen LogP contribution < -0.4 is 9.47 Å². The van der Waals surface area contributed by atoms with Gasteiger partial charge in [-0.2, -0.15) is 0 Å². The van der Waals surface area contributed by atoms with E-state index in [0.29, 0.717) is 43.4 Å². The number of carbonyl (C=O) groups is 2. The van der Waals surface area contributed by atoms with Crippen LogP contribution in [0.15, 0.2) is 41.3 Å². The zero-order chi connectivity index (χ0) is 22.7. The Morgan fingerprint density at radius 1 is 1.16 bits per heavy atom. The van der Waals surface area contributed by atoms with Crippen LogP contribution in [0.1, 0.15) is 16.5 Å². The number of thiophene rings is 1. The SMILES string of the molecule is COc1ccc(/C(O)=C2\C(=O)C(=O)N(CCN3CCOCC3)[C@@H]2c2cccs2)c(OC)c1. The first-order valence-electron chi connectivity index (χ1n) is 10.4. The van der Waals surface area contributed by atoms with Gasteiger partial charge in [0.25, 0.3) is 11.7 Å². The van der Waals surface area contributed by atoms with Crippen LogP contribution in [0, 0.1) is 0 Å². The molecule has 1 N–H and O–H groups in total. The highest BCUT2D eigenvalue weighted by Crippen LogP contribution is 2.42. The largest absolute Gasteiger partial charge is 0.507 e. The number of benzene rings is 1. The van der Waals surface area contributed by atoms with E-state index in [0.717, 1.165) is 18.0 Å². The normalized spacial score (nSPS) is 21.2. The molecule has 1 amide bonds. The van der Waals surface area contributed by atoms with Crippen LogP contribution in [0.3, 0.4) is 0 Å². The molecule has 1 aromatic heterocycles. The van der Waals surface area contributed by atoms with E-state index < -0.39 is 17.7 Å². The average Bonchev–Trinajstić information content (AvgIpc) is 3.44. The summed E-state index contributed by atoms with van der Waals surface area (Å²) in [6, 6.07) is 8.02. The van der Waals surface area contributed by atoms with Crippen molar-refractivity contribution < 1.29 is 28.9 Å². The van der Waals surface area contributed by atoms with Gasteiger partial charge in [0.15, 0.2) is 0 Å². The highest BCUT2D eigenvalue weighted by molar-refractivity contribution is 7.10. The summed E-state index contributed by atoms with van der Waals surface area (Å²) in [5, 5.41) is 13.1. The van der Waals surface area contributed by atoms with Gasteiger partial charge in [-0.05, 0) is 23.6 Å². The molecule has 32 heavy (non-hydrogen) atoms. The topological polar surface area (TPSA) is 88.5 Å². The van der Waals surface area contributed by atoms with Crippen molar-refractivity contribution in [2.45, 2.75) is 6.04 Å². The number of hydrogen-bond donors (Lipinski definition) is 1. The van der Waals surface area contributed by atoms with E-state index in [2.05, 4.69) is 4.90 Å². The fourth-order valence-electron chi connectivity index (χ4n) is 4.07. The van der Waals surface area contributed by atoms with E-state index in [-0.39, 0.29) is 11.3 Å². The smallest absolute Gasteiger partial charge is 0.295 e. The summed E-state index contributed by atoms with van der Waals surface area (Å²) in [6.45, 7) is 3.90. The Morgan fingerprint density at radius 3 is 2.59 bits per heavy atom. The number of Topliss-reactive ketones (excluding diaryl/α,β-unsaturated/α-hetero) is 1. The first-order valence-corrected chi connectivity index (χ1v) is 11.3. The summed E-state index contributed by atoms with van der Waals surface area (Å²) in [5.41, 5.74) is 0.406. The van der Waals surface area contributed by atoms with Crippen molar-refractivity contribution in [2.24, 2.45) is 0 Å². The molecule has 1 atom stereocenters. The molecule has 170 valence electrons. The summed E-state index contributed by atoms with van der Waals surface area (Å²) in [6.07, 6.45) is 0. The van der Waals surface area contributed by atoms with Crippen molar-refractivity contribution in [2.75, 3.05) is 53.6 Å². The summed E-state index contributed by atoms with van der Waals surface area (Å²) in [7, 11) is 3.01. The molecule has 0 spiro atoms. The van der Waals surface area contributed by atoms with E-state index in [4.69, 9.17) is 14.2 Å². The molecule has 0 aliphatic carbocycles. The predicted molar refractivity (Wildman–Crippen MR) is 120 cm³/mol. The van der Waals surface area contributed by atoms with E-state index >= 15 is 0 Å². The lowest BCUT2D eigenvalue weighted by Gasteiger charge is -2.30. The molecule has 9 heteroatoms. The number of nitrogens with zero attached hydrogens (tertiary/aromatic N) is 2. The number of aliphatic hydroxyl groups excluding tert-OH is 1. The van der Waals surface area contributed by atoms with Crippen molar-refractivity contribution in [3.63, 3.8) is 0 Å². The summed E-state index contributed by atoms with van der Waals surface area (Å²) < 4.78 is 16.0. The van der Waals surface area contributed by atoms with Gasteiger partial charge >= 0.3 is 0 Å². The number of ketones is 1. The molecule has 2 saturated heterocycles. The second-order valence-electron chi connectivity index (χ2n) is 7.53. The number of likely N-dealkylation sites (tertiary alicyclic amines) is 1. The van der Waals surface area contributed by atoms with Crippen LogP contribution in [0.25, 0.3) is 5.76 Å². The first kappa shape index (κ1) is 22.3. The lowest BCUT2D eigenvalue weighted by molar-refractivity contribution is -0.140. The Balaban J connectivity index is 1.73. The molecule has 0 bridgehead atoms. The molecule has 2 aliphatic heterocycles. The average molecular weight is 459 g/mol. The number of rotatable bonds is 7. The molecule has 8 nitrogen and oxygen atoms in total. The summed E-state index contributed by atoms with van der Waals surface area (Å²) in [4.78, 5) is 30.7. The number of methoxy groups -OCH3 is 2. The third-order valence-electron chi connectivity index (χ3n) is 5.78. The van der Waals surface area contributed by atoms with Gasteiger partial charge in [-0.15, -0.1) is 11.3 Å². The number of carbonyl (C=O) groups excluding carboxylic acids is 2. The fourth-order valence-corrected chi connectivity index (χ4v) is 4.91. The van der Waals surface area contributed by atoms with Gasteiger partial charge in [0.2, 0.25) is 0 Å². The number of morpholine rings is 1. The molecular formula is C23H26N2O6S. The van der Waals surface area contributed by atoms with Crippen molar-refractivity contribution in [3.05, 3.63) is 51.7 Å². The maximum atomic E-state index is 13.1. The predicted octanol–water partition coefficient (Wildman–Crippen LogP) is 2.52. The Labute approximate surface area is 190 Å². The zero-order valence-electron chi connectivity index (χ0n) is 18.1. The van der Waals surface area contributed by atoms with Crippen molar-refractivity contribution >= 4 is 28.8 Å². The maximum absolute atomic E-state index is 13.1. The van der Waals surface area contributed by atoms with Gasteiger partial charge in [-0.25, -0.2) is 0 Å². The first-order chi connectivity index (χ1) is 15.5. The number of hydrogen-bond acceptors (Lipinski definition) is 8. The zero-order valence-corrected chi connectivity index (χ0v) is 18.9. The van der Waals surface area contributed by atoms with Gasteiger partial charge < -0.3 is 24.2 Å². The van der Waals surface area contributed by atoms with Gasteiger partial charge in [-0.1, -0.05) is 6.07 Å². The quantitative estimate of drug-likeness (QED) is 0.387. The van der Waals surface area contributed by atoms with Gasteiger partial charge in [-0.3, -0.25) is 14.5 Å². The van der Waals surface area contributed by atoms with Gasteiger partial charge in [0.05, 0.1) is 44.6 Å². The van der Waals surface area contributed by atoms with Crippen molar-refractivity contribution in [1.29, 1.82) is 0 Å². The van der Waals surface area contributed by atoms with E-state index in [1.54, 1.807) is 23.1 Å². The molecule has 0 radical (unpaired) electrons. The Bertz CT molecular complexity index is 1010. The highest BCUT2D eigenvalue weighted by Gasteiger charge is 2.46. The van der Waals surface area contributed by atoms with Gasteiger partial charge in [0.1, 0.15) is 17.3 Å². The van der Waals surface area contributed by atoms with Crippen molar-refractivity contribution in [3.8, 4) is 11.5 Å². The number of amides is 1. The van der Waals surface area contributed by atoms with Crippen LogP contribution in [0.4, 0.5) is 0 Å². The van der Waals surface area contributed by atoms with Gasteiger partial charge in [0, 0.05) is 37.1 Å². The minimum Gasteiger partial charge on any atom is -0.507 e. The lowest BCUT2D eigenvalue weighted by Crippen LogP contribution is -2.42. The third kappa shape index (κ3) is 4.23. The molecule has 4 rings (SSSR count). The minimum absolute atomic E-state index is 0.0721. The molecule has 0 unspecified atom stereocenters. The second-order valence-corrected chi connectivity index (χ2v) is 8.51. The molecule has 0 saturated carbocycles. The van der Waals surface area contributed by atoms with Crippen LogP contribution in [-0.4, -0.2) is 80.2 Å². The Morgan fingerprint density at radius 2 is 1.94 bits per heavy atom. The minimum atomic E-state index is -0.694. The molecule has 2 aliphatic rings. The van der Waals surface area contributed by atoms with E-state index in [1.165, 1.54) is 25.6 Å². The fraction of sp³-hybridized carbons (Fsp3) is 0.391. The third-order valence-corrected chi connectivity index (χ3v) is 6.70. The second kappa shape index (κ2) is 9.72. The van der Waals surface area contributed by atoms with Crippen LogP contribution in [-0.2, 0) is 14.3 Å². The van der Waals surface area contributed by atoms with E-state index in [9.17, 15) is 14.7 Å². The summed E-state index contributed by atoms with van der Waals surface area (Å²) >= 11 is 1.45. The highest BCUT2D eigenvalue weighted by atomic mass is 32.1. The molecule has 1 aromatic carbocycles. The standard InChI is InChI=1S/C23H26N2O6S/c1-29-15-5-6-16(17(14-15)30-2)21(26)19-20(18-4-3-13-32-18)25(23(28)22(19)27)8-7-24-9-11-31-12-10-24/h3-6,13-14,20,26H,7-12H2,1-2H3/b21-19+/t20-/m1/s1. The van der Waals surface area contributed by atoms with Crippen LogP contribution >= 0.6 is 11.3 Å². The maximum Gasteiger partial charge on any atom is 0.295 e. The Kier molecular flexibility index (Phi) is 6.78. The van der Waals surface area contributed by atoms with Crippen molar-refractivity contribution in [1.82, 2.24) is 9.80 Å². The molecule has 2 fully saturated rings. The number of ether oxygens (including phenoxy) is 3.